The van der Waals surface area contributed by atoms with Gasteiger partial charge in [0.05, 0.1) is 32.9 Å². The van der Waals surface area contributed by atoms with E-state index in [4.69, 9.17) is 14.2 Å². The number of rotatable bonds is 6. The van der Waals surface area contributed by atoms with Gasteiger partial charge in [-0.05, 0) is 36.4 Å². The van der Waals surface area contributed by atoms with E-state index < -0.39 is 17.7 Å². The number of methoxy groups -OCH3 is 3. The SMILES string of the molecule is COc1ccc(N2C(=O)C(=O)C(=C(O)c3ccccc3)C2c2ccc(OC)cc2OC)cc1. The Hall–Kier alpha value is -4.26. The summed E-state index contributed by atoms with van der Waals surface area (Å²) < 4.78 is 16.1. The van der Waals surface area contributed by atoms with E-state index in [9.17, 15) is 14.7 Å². The van der Waals surface area contributed by atoms with Crippen molar-refractivity contribution in [3.05, 3.63) is 89.5 Å². The van der Waals surface area contributed by atoms with Gasteiger partial charge in [-0.25, -0.2) is 0 Å². The van der Waals surface area contributed by atoms with Crippen molar-refractivity contribution in [3.8, 4) is 17.2 Å². The molecule has 1 heterocycles. The highest BCUT2D eigenvalue weighted by Gasteiger charge is 2.48. The molecule has 0 saturated carbocycles. The molecule has 1 fully saturated rings. The van der Waals surface area contributed by atoms with E-state index in [0.717, 1.165) is 0 Å². The Morgan fingerprint density at radius 2 is 1.45 bits per heavy atom. The number of ether oxygens (including phenoxy) is 3. The average Bonchev–Trinajstić information content (AvgIpc) is 3.13. The van der Waals surface area contributed by atoms with Crippen LogP contribution >= 0.6 is 0 Å². The molecular formula is C26H23NO6. The molecule has 1 saturated heterocycles. The van der Waals surface area contributed by atoms with Gasteiger partial charge in [-0.15, -0.1) is 0 Å². The third kappa shape index (κ3) is 3.89. The molecule has 0 spiro atoms. The molecule has 0 bridgehead atoms. The molecule has 0 radical (unpaired) electrons. The van der Waals surface area contributed by atoms with E-state index in [1.165, 1.54) is 19.1 Å². The molecule has 7 nitrogen and oxygen atoms in total. The summed E-state index contributed by atoms with van der Waals surface area (Å²) >= 11 is 0. The minimum atomic E-state index is -0.917. The molecule has 168 valence electrons. The van der Waals surface area contributed by atoms with Crippen LogP contribution in [-0.4, -0.2) is 38.1 Å². The number of nitrogens with zero attached hydrogens (tertiary/aromatic N) is 1. The Kier molecular flexibility index (Phi) is 6.04. The molecule has 4 rings (SSSR count). The first-order chi connectivity index (χ1) is 16.0. The van der Waals surface area contributed by atoms with Gasteiger partial charge in [-0.3, -0.25) is 14.5 Å². The Labute approximate surface area is 191 Å². The summed E-state index contributed by atoms with van der Waals surface area (Å²) in [6, 6.07) is 19.6. The third-order valence-electron chi connectivity index (χ3n) is 5.58. The number of anilines is 1. The topological polar surface area (TPSA) is 85.3 Å². The normalized spacial score (nSPS) is 17.2. The Morgan fingerprint density at radius 1 is 0.818 bits per heavy atom. The van der Waals surface area contributed by atoms with E-state index >= 15 is 0 Å². The standard InChI is InChI=1S/C26H23NO6/c1-31-18-11-9-17(10-12-18)27-23(20-14-13-19(32-2)15-21(20)33-3)22(25(29)26(27)30)24(28)16-7-5-4-6-8-16/h4-15,23,28H,1-3H3. The first-order valence-electron chi connectivity index (χ1n) is 10.2. The van der Waals surface area contributed by atoms with Crippen molar-refractivity contribution in [2.24, 2.45) is 0 Å². The van der Waals surface area contributed by atoms with Gasteiger partial charge in [0.25, 0.3) is 11.7 Å². The Morgan fingerprint density at radius 3 is 2.06 bits per heavy atom. The third-order valence-corrected chi connectivity index (χ3v) is 5.58. The van der Waals surface area contributed by atoms with Gasteiger partial charge in [0.1, 0.15) is 23.0 Å². The van der Waals surface area contributed by atoms with E-state index in [1.807, 2.05) is 0 Å². The lowest BCUT2D eigenvalue weighted by Crippen LogP contribution is -2.29. The summed E-state index contributed by atoms with van der Waals surface area (Å²) in [6.07, 6.45) is 0. The van der Waals surface area contributed by atoms with Crippen molar-refractivity contribution in [3.63, 3.8) is 0 Å². The van der Waals surface area contributed by atoms with Crippen LogP contribution in [0.3, 0.4) is 0 Å². The molecule has 1 aliphatic rings. The van der Waals surface area contributed by atoms with E-state index in [1.54, 1.807) is 79.9 Å². The predicted octanol–water partition coefficient (Wildman–Crippen LogP) is 4.34. The summed E-state index contributed by atoms with van der Waals surface area (Å²) in [6.45, 7) is 0. The van der Waals surface area contributed by atoms with Crippen molar-refractivity contribution in [2.45, 2.75) is 6.04 Å². The first-order valence-corrected chi connectivity index (χ1v) is 10.2. The molecule has 0 aromatic heterocycles. The fraction of sp³-hybridized carbons (Fsp3) is 0.154. The number of carbonyl (C=O) groups is 2. The molecule has 1 unspecified atom stereocenters. The second-order valence-corrected chi connectivity index (χ2v) is 7.34. The molecule has 7 heteroatoms. The van der Waals surface area contributed by atoms with Crippen molar-refractivity contribution >= 4 is 23.1 Å². The monoisotopic (exact) mass is 445 g/mol. The zero-order valence-electron chi connectivity index (χ0n) is 18.4. The van der Waals surface area contributed by atoms with Crippen LogP contribution in [-0.2, 0) is 9.59 Å². The van der Waals surface area contributed by atoms with Gasteiger partial charge in [0.2, 0.25) is 0 Å². The lowest BCUT2D eigenvalue weighted by atomic mass is 9.94. The minimum absolute atomic E-state index is 0.0227. The van der Waals surface area contributed by atoms with Crippen LogP contribution in [0.1, 0.15) is 17.2 Å². The van der Waals surface area contributed by atoms with Crippen molar-refractivity contribution in [1.29, 1.82) is 0 Å². The van der Waals surface area contributed by atoms with Crippen molar-refractivity contribution in [2.75, 3.05) is 26.2 Å². The molecular weight excluding hydrogens is 422 g/mol. The number of aliphatic hydroxyl groups is 1. The van der Waals surface area contributed by atoms with Crippen LogP contribution in [0.15, 0.2) is 78.4 Å². The largest absolute Gasteiger partial charge is 0.507 e. The van der Waals surface area contributed by atoms with Crippen LogP contribution in [0.25, 0.3) is 5.76 Å². The lowest BCUT2D eigenvalue weighted by Gasteiger charge is -2.27. The van der Waals surface area contributed by atoms with Crippen LogP contribution in [0.5, 0.6) is 17.2 Å². The highest BCUT2D eigenvalue weighted by Crippen LogP contribution is 2.45. The zero-order chi connectivity index (χ0) is 23.5. The number of carbonyl (C=O) groups excluding carboxylic acids is 2. The van der Waals surface area contributed by atoms with Crippen LogP contribution < -0.4 is 19.1 Å². The number of amides is 1. The molecule has 3 aromatic rings. The van der Waals surface area contributed by atoms with Gasteiger partial charge < -0.3 is 19.3 Å². The number of hydrogen-bond acceptors (Lipinski definition) is 6. The summed E-state index contributed by atoms with van der Waals surface area (Å²) in [5.74, 6) is -0.208. The minimum Gasteiger partial charge on any atom is -0.507 e. The van der Waals surface area contributed by atoms with Crippen molar-refractivity contribution < 1.29 is 28.9 Å². The van der Waals surface area contributed by atoms with Gasteiger partial charge in [-0.1, -0.05) is 30.3 Å². The average molecular weight is 445 g/mol. The highest BCUT2D eigenvalue weighted by atomic mass is 16.5. The summed E-state index contributed by atoms with van der Waals surface area (Å²) in [5.41, 5.74) is 1.42. The second kappa shape index (κ2) is 9.08. The smallest absolute Gasteiger partial charge is 0.300 e. The fourth-order valence-corrected chi connectivity index (χ4v) is 3.93. The van der Waals surface area contributed by atoms with Crippen LogP contribution in [0.2, 0.25) is 0 Å². The molecule has 1 aliphatic heterocycles. The maximum absolute atomic E-state index is 13.2. The number of benzene rings is 3. The van der Waals surface area contributed by atoms with Gasteiger partial charge in [0, 0.05) is 22.9 Å². The molecule has 3 aromatic carbocycles. The summed E-state index contributed by atoms with van der Waals surface area (Å²) in [7, 11) is 4.58. The van der Waals surface area contributed by atoms with Gasteiger partial charge in [0.15, 0.2) is 0 Å². The van der Waals surface area contributed by atoms with Crippen LogP contribution in [0.4, 0.5) is 5.69 Å². The molecule has 1 amide bonds. The molecule has 1 N–H and O–H groups in total. The number of ketones is 1. The summed E-state index contributed by atoms with van der Waals surface area (Å²) in [5, 5.41) is 11.1. The fourth-order valence-electron chi connectivity index (χ4n) is 3.93. The van der Waals surface area contributed by atoms with Gasteiger partial charge in [-0.2, -0.15) is 0 Å². The molecule has 0 aliphatic carbocycles. The van der Waals surface area contributed by atoms with E-state index in [-0.39, 0.29) is 11.3 Å². The first kappa shape index (κ1) is 22.0. The van der Waals surface area contributed by atoms with E-state index in [0.29, 0.717) is 34.1 Å². The maximum atomic E-state index is 13.2. The maximum Gasteiger partial charge on any atom is 0.300 e. The number of hydrogen-bond donors (Lipinski definition) is 1. The van der Waals surface area contributed by atoms with Gasteiger partial charge >= 0.3 is 0 Å². The Balaban J connectivity index is 1.97. The number of Topliss-reactive ketones (excluding diaryl/α,β-unsaturated/α-hetero) is 1. The predicted molar refractivity (Wildman–Crippen MR) is 124 cm³/mol. The highest BCUT2D eigenvalue weighted by molar-refractivity contribution is 6.51. The summed E-state index contributed by atoms with van der Waals surface area (Å²) in [4.78, 5) is 27.8. The zero-order valence-corrected chi connectivity index (χ0v) is 18.4. The number of aliphatic hydroxyl groups excluding tert-OH is 1. The van der Waals surface area contributed by atoms with E-state index in [2.05, 4.69) is 0 Å². The second-order valence-electron chi connectivity index (χ2n) is 7.34. The quantitative estimate of drug-likeness (QED) is 0.345. The lowest BCUT2D eigenvalue weighted by molar-refractivity contribution is -0.132. The molecule has 1 atom stereocenters. The Bertz CT molecular complexity index is 1220. The van der Waals surface area contributed by atoms with Crippen LogP contribution in [0, 0.1) is 0 Å². The molecule has 33 heavy (non-hydrogen) atoms. The van der Waals surface area contributed by atoms with Crippen molar-refractivity contribution in [1.82, 2.24) is 0 Å².